The third-order valence-electron chi connectivity index (χ3n) is 7.03. The molecule has 0 radical (unpaired) electrons. The molecule has 0 aliphatic heterocycles. The van der Waals surface area contributed by atoms with Crippen LogP contribution in [0.5, 0.6) is 0 Å². The van der Waals surface area contributed by atoms with Crippen LogP contribution in [0.2, 0.25) is 0 Å². The summed E-state index contributed by atoms with van der Waals surface area (Å²) in [7, 11) is 0. The highest BCUT2D eigenvalue weighted by molar-refractivity contribution is 7.20. The van der Waals surface area contributed by atoms with E-state index < -0.39 is 11.3 Å². The Bertz CT molecular complexity index is 2230. The Hall–Kier alpha value is -4.92. The van der Waals surface area contributed by atoms with Gasteiger partial charge in [0.25, 0.3) is 0 Å². The molecule has 0 aliphatic rings. The fraction of sp³-hybridized carbons (Fsp3) is 0. The van der Waals surface area contributed by atoms with Gasteiger partial charge >= 0.3 is 11.3 Å². The molecule has 8 heteroatoms. The van der Waals surface area contributed by atoms with E-state index in [0.717, 1.165) is 32.3 Å². The van der Waals surface area contributed by atoms with E-state index in [1.54, 1.807) is 0 Å². The SMILES string of the molecule is O=c1oc2ccc3ccccc3c2cc1-c1csc(-c2nc(-c3cc4c(ccc5ccccc54)oc3=O)cs2)n1. The quantitative estimate of drug-likeness (QED) is 0.161. The molecule has 40 heavy (non-hydrogen) atoms. The lowest BCUT2D eigenvalue weighted by molar-refractivity contribution is 0.563. The first-order chi connectivity index (χ1) is 19.6. The molecule has 6 nitrogen and oxygen atoms in total. The number of benzene rings is 4. The van der Waals surface area contributed by atoms with Crippen LogP contribution in [0.15, 0.2) is 114 Å². The number of hydrogen-bond acceptors (Lipinski definition) is 8. The van der Waals surface area contributed by atoms with Crippen LogP contribution in [-0.2, 0) is 0 Å². The number of aromatic nitrogens is 2. The van der Waals surface area contributed by atoms with Crippen LogP contribution in [0.4, 0.5) is 0 Å². The number of rotatable bonds is 3. The molecule has 0 amide bonds. The summed E-state index contributed by atoms with van der Waals surface area (Å²) in [5.74, 6) is 0. The van der Waals surface area contributed by atoms with Crippen molar-refractivity contribution >= 4 is 66.2 Å². The summed E-state index contributed by atoms with van der Waals surface area (Å²) in [5.41, 5.74) is 2.02. The summed E-state index contributed by atoms with van der Waals surface area (Å²) < 4.78 is 11.3. The van der Waals surface area contributed by atoms with Crippen molar-refractivity contribution in [2.24, 2.45) is 0 Å². The van der Waals surface area contributed by atoms with Gasteiger partial charge in [-0.1, -0.05) is 60.7 Å². The average molecular weight is 557 g/mol. The Morgan fingerprint density at radius 1 is 0.525 bits per heavy atom. The molecule has 0 aliphatic carbocycles. The average Bonchev–Trinajstić information content (AvgIpc) is 3.67. The third kappa shape index (κ3) is 3.61. The molecule has 0 bridgehead atoms. The number of thiazole rings is 2. The molecule has 4 heterocycles. The molecule has 0 N–H and O–H groups in total. The van der Waals surface area contributed by atoms with Gasteiger partial charge in [0.2, 0.25) is 0 Å². The lowest BCUT2D eigenvalue weighted by Crippen LogP contribution is -2.03. The fourth-order valence-corrected chi connectivity index (χ4v) is 6.78. The standard InChI is InChI=1S/C32H16N2O4S2/c35-31-23(13-21-19-7-3-1-5-17(19)9-11-27(21)37-31)25-15-39-29(33-25)30-34-26(16-40-30)24-14-22-20-8-4-2-6-18(20)10-12-28(22)38-32(24)36/h1-16H. The van der Waals surface area contributed by atoms with E-state index in [1.165, 1.54) is 22.7 Å². The molecule has 190 valence electrons. The molecule has 0 atom stereocenters. The van der Waals surface area contributed by atoms with Crippen LogP contribution in [0.3, 0.4) is 0 Å². The second-order valence-electron chi connectivity index (χ2n) is 9.37. The summed E-state index contributed by atoms with van der Waals surface area (Å²) in [6.07, 6.45) is 0. The van der Waals surface area contributed by atoms with Crippen LogP contribution in [0, 0.1) is 0 Å². The van der Waals surface area contributed by atoms with Crippen LogP contribution < -0.4 is 11.3 Å². The molecule has 8 rings (SSSR count). The van der Waals surface area contributed by atoms with Crippen LogP contribution in [0.1, 0.15) is 0 Å². The normalized spacial score (nSPS) is 11.7. The van der Waals surface area contributed by atoms with E-state index in [2.05, 4.69) is 0 Å². The lowest BCUT2D eigenvalue weighted by atomic mass is 10.0. The minimum atomic E-state index is -0.444. The minimum Gasteiger partial charge on any atom is -0.422 e. The largest absolute Gasteiger partial charge is 0.422 e. The minimum absolute atomic E-state index is 0.394. The van der Waals surface area contributed by atoms with Crippen molar-refractivity contribution in [1.29, 1.82) is 0 Å². The summed E-state index contributed by atoms with van der Waals surface area (Å²) in [6, 6.07) is 27.2. The molecule has 4 aromatic carbocycles. The van der Waals surface area contributed by atoms with Gasteiger partial charge in [0, 0.05) is 21.5 Å². The topological polar surface area (TPSA) is 86.2 Å². The highest BCUT2D eigenvalue weighted by Crippen LogP contribution is 2.35. The predicted molar refractivity (Wildman–Crippen MR) is 161 cm³/mol. The van der Waals surface area contributed by atoms with Gasteiger partial charge in [0.1, 0.15) is 11.2 Å². The van der Waals surface area contributed by atoms with E-state index in [0.29, 0.717) is 43.7 Å². The van der Waals surface area contributed by atoms with Crippen LogP contribution >= 0.6 is 22.7 Å². The fourth-order valence-electron chi connectivity index (χ4n) is 5.09. The van der Waals surface area contributed by atoms with Gasteiger partial charge in [-0.05, 0) is 45.8 Å². The maximum atomic E-state index is 12.9. The van der Waals surface area contributed by atoms with Gasteiger partial charge in [-0.25, -0.2) is 19.6 Å². The summed E-state index contributed by atoms with van der Waals surface area (Å²) >= 11 is 2.77. The molecular formula is C32H16N2O4S2. The summed E-state index contributed by atoms with van der Waals surface area (Å²) in [4.78, 5) is 35.2. The van der Waals surface area contributed by atoms with Gasteiger partial charge in [-0.3, -0.25) is 0 Å². The van der Waals surface area contributed by atoms with Crippen LogP contribution in [0.25, 0.3) is 76.0 Å². The summed E-state index contributed by atoms with van der Waals surface area (Å²) in [5, 5.41) is 10.8. The highest BCUT2D eigenvalue weighted by Gasteiger charge is 2.18. The van der Waals surface area contributed by atoms with Crippen molar-refractivity contribution in [1.82, 2.24) is 9.97 Å². The van der Waals surface area contributed by atoms with Gasteiger partial charge in [-0.15, -0.1) is 22.7 Å². The molecule has 8 aromatic rings. The molecule has 0 saturated heterocycles. The molecular weight excluding hydrogens is 540 g/mol. The molecule has 0 fully saturated rings. The maximum Gasteiger partial charge on any atom is 0.345 e. The van der Waals surface area contributed by atoms with Crippen molar-refractivity contribution in [3.63, 3.8) is 0 Å². The van der Waals surface area contributed by atoms with Crippen molar-refractivity contribution in [2.75, 3.05) is 0 Å². The zero-order valence-electron chi connectivity index (χ0n) is 20.6. The Kier molecular flexibility index (Phi) is 5.07. The highest BCUT2D eigenvalue weighted by atomic mass is 32.1. The van der Waals surface area contributed by atoms with Gasteiger partial charge < -0.3 is 8.83 Å². The first-order valence-corrected chi connectivity index (χ1v) is 14.2. The van der Waals surface area contributed by atoms with Gasteiger partial charge in [0.05, 0.1) is 22.5 Å². The Morgan fingerprint density at radius 3 is 1.45 bits per heavy atom. The number of fused-ring (bicyclic) bond motifs is 6. The van der Waals surface area contributed by atoms with Gasteiger partial charge in [-0.2, -0.15) is 0 Å². The maximum absolute atomic E-state index is 12.9. The van der Waals surface area contributed by atoms with Crippen molar-refractivity contribution in [2.45, 2.75) is 0 Å². The smallest absolute Gasteiger partial charge is 0.345 e. The van der Waals surface area contributed by atoms with Crippen LogP contribution in [-0.4, -0.2) is 9.97 Å². The third-order valence-corrected chi connectivity index (χ3v) is 8.85. The van der Waals surface area contributed by atoms with Gasteiger partial charge in [0.15, 0.2) is 10.0 Å². The van der Waals surface area contributed by atoms with Crippen molar-refractivity contribution < 1.29 is 8.83 Å². The molecule has 0 saturated carbocycles. The molecule has 0 spiro atoms. The van der Waals surface area contributed by atoms with Crippen molar-refractivity contribution in [3.8, 4) is 32.5 Å². The Labute approximate surface area is 233 Å². The second-order valence-corrected chi connectivity index (χ2v) is 11.1. The zero-order chi connectivity index (χ0) is 26.8. The monoisotopic (exact) mass is 556 g/mol. The van der Waals surface area contributed by atoms with Crippen molar-refractivity contribution in [3.05, 3.63) is 117 Å². The number of hydrogen-bond donors (Lipinski definition) is 0. The van der Waals surface area contributed by atoms with E-state index in [4.69, 9.17) is 18.8 Å². The molecule has 0 unspecified atom stereocenters. The second kappa shape index (κ2) is 8.81. The van der Waals surface area contributed by atoms with E-state index in [1.807, 2.05) is 95.7 Å². The zero-order valence-corrected chi connectivity index (χ0v) is 22.2. The van der Waals surface area contributed by atoms with E-state index in [-0.39, 0.29) is 0 Å². The van der Waals surface area contributed by atoms with E-state index >= 15 is 0 Å². The first kappa shape index (κ1) is 23.0. The Morgan fingerprint density at radius 2 is 0.975 bits per heavy atom. The van der Waals surface area contributed by atoms with E-state index in [9.17, 15) is 9.59 Å². The Balaban J connectivity index is 1.20. The summed E-state index contributed by atoms with van der Waals surface area (Å²) in [6.45, 7) is 0. The predicted octanol–water partition coefficient (Wildman–Crippen LogP) is 8.12. The molecule has 4 aromatic heterocycles. The first-order valence-electron chi connectivity index (χ1n) is 12.5. The lowest BCUT2D eigenvalue weighted by Gasteiger charge is -2.04. The number of nitrogens with zero attached hydrogens (tertiary/aromatic N) is 2.